The van der Waals surface area contributed by atoms with Crippen LogP contribution in [0.5, 0.6) is 0 Å². The summed E-state index contributed by atoms with van der Waals surface area (Å²) in [5, 5.41) is 4.90. The highest BCUT2D eigenvalue weighted by molar-refractivity contribution is 6.35. The van der Waals surface area contributed by atoms with Gasteiger partial charge in [0.1, 0.15) is 0 Å². The van der Waals surface area contributed by atoms with Crippen LogP contribution in [0, 0.1) is 0 Å². The van der Waals surface area contributed by atoms with Gasteiger partial charge < -0.3 is 10.1 Å². The van der Waals surface area contributed by atoms with E-state index < -0.39 is 0 Å². The second-order valence-electron chi connectivity index (χ2n) is 5.20. The van der Waals surface area contributed by atoms with Crippen molar-refractivity contribution in [2.75, 3.05) is 33.4 Å². The van der Waals surface area contributed by atoms with Crippen molar-refractivity contribution >= 4 is 23.2 Å². The molecule has 20 heavy (non-hydrogen) atoms. The Balaban J connectivity index is 1.87. The van der Waals surface area contributed by atoms with E-state index in [2.05, 4.69) is 10.2 Å². The lowest BCUT2D eigenvalue weighted by Gasteiger charge is -2.25. The Morgan fingerprint density at radius 2 is 2.25 bits per heavy atom. The summed E-state index contributed by atoms with van der Waals surface area (Å²) in [7, 11) is 1.73. The van der Waals surface area contributed by atoms with Crippen LogP contribution in [-0.4, -0.2) is 44.3 Å². The first-order valence-corrected chi connectivity index (χ1v) is 7.84. The highest BCUT2D eigenvalue weighted by atomic mass is 35.5. The van der Waals surface area contributed by atoms with E-state index in [1.807, 2.05) is 18.2 Å². The first-order chi connectivity index (χ1) is 9.70. The largest absolute Gasteiger partial charge is 0.383 e. The van der Waals surface area contributed by atoms with Crippen LogP contribution >= 0.6 is 23.2 Å². The van der Waals surface area contributed by atoms with Gasteiger partial charge in [-0.15, -0.1) is 0 Å². The van der Waals surface area contributed by atoms with Crippen LogP contribution in [0.25, 0.3) is 0 Å². The molecule has 112 valence electrons. The summed E-state index contributed by atoms with van der Waals surface area (Å²) in [5.41, 5.74) is 1.15. The molecule has 5 heteroatoms. The average molecular weight is 317 g/mol. The average Bonchev–Trinajstić information content (AvgIpc) is 2.85. The monoisotopic (exact) mass is 316 g/mol. The molecule has 1 heterocycles. The van der Waals surface area contributed by atoms with E-state index in [1.165, 1.54) is 12.8 Å². The van der Waals surface area contributed by atoms with Crippen LogP contribution < -0.4 is 5.32 Å². The van der Waals surface area contributed by atoms with Crippen molar-refractivity contribution < 1.29 is 4.74 Å². The Bertz CT molecular complexity index is 428. The van der Waals surface area contributed by atoms with Crippen molar-refractivity contribution in [3.8, 4) is 0 Å². The van der Waals surface area contributed by atoms with E-state index in [-0.39, 0.29) is 0 Å². The summed E-state index contributed by atoms with van der Waals surface area (Å²) < 4.78 is 5.05. The maximum atomic E-state index is 6.26. The minimum absolute atomic E-state index is 0.582. The molecule has 1 N–H and O–H groups in total. The van der Waals surface area contributed by atoms with Crippen LogP contribution in [0.2, 0.25) is 10.0 Å². The number of hydrogen-bond acceptors (Lipinski definition) is 3. The van der Waals surface area contributed by atoms with Gasteiger partial charge in [-0.1, -0.05) is 29.3 Å². The number of likely N-dealkylation sites (tertiary alicyclic amines) is 1. The van der Waals surface area contributed by atoms with E-state index in [9.17, 15) is 0 Å². The normalized spacial score (nSPS) is 19.6. The van der Waals surface area contributed by atoms with Crippen LogP contribution in [0.15, 0.2) is 18.2 Å². The molecule has 1 unspecified atom stereocenters. The van der Waals surface area contributed by atoms with E-state index >= 15 is 0 Å². The van der Waals surface area contributed by atoms with Crippen LogP contribution in [0.3, 0.4) is 0 Å². The van der Waals surface area contributed by atoms with Gasteiger partial charge in [0, 0.05) is 42.8 Å². The number of methoxy groups -OCH3 is 1. The highest BCUT2D eigenvalue weighted by Gasteiger charge is 2.24. The van der Waals surface area contributed by atoms with E-state index in [0.717, 1.165) is 43.4 Å². The molecular weight excluding hydrogens is 295 g/mol. The lowest BCUT2D eigenvalue weighted by molar-refractivity contribution is 0.191. The molecule has 1 aromatic carbocycles. The van der Waals surface area contributed by atoms with Gasteiger partial charge in [-0.05, 0) is 37.1 Å². The summed E-state index contributed by atoms with van der Waals surface area (Å²) in [4.78, 5) is 2.49. The fraction of sp³-hybridized carbons (Fsp3) is 0.600. The maximum absolute atomic E-state index is 6.26. The molecule has 1 fully saturated rings. The molecule has 1 saturated heterocycles. The molecule has 0 bridgehead atoms. The molecule has 3 nitrogen and oxygen atoms in total. The highest BCUT2D eigenvalue weighted by Crippen LogP contribution is 2.25. The Morgan fingerprint density at radius 1 is 1.40 bits per heavy atom. The molecule has 1 aliphatic rings. The fourth-order valence-electron chi connectivity index (χ4n) is 2.65. The van der Waals surface area contributed by atoms with E-state index in [1.54, 1.807) is 7.11 Å². The summed E-state index contributed by atoms with van der Waals surface area (Å²) >= 11 is 12.2. The quantitative estimate of drug-likeness (QED) is 0.782. The number of rotatable bonds is 7. The van der Waals surface area contributed by atoms with Crippen molar-refractivity contribution in [1.29, 1.82) is 0 Å². The van der Waals surface area contributed by atoms with Crippen LogP contribution in [0.1, 0.15) is 18.4 Å². The third-order valence-electron chi connectivity index (χ3n) is 3.75. The summed E-state index contributed by atoms with van der Waals surface area (Å²) in [6, 6.07) is 6.34. The third kappa shape index (κ3) is 4.61. The van der Waals surface area contributed by atoms with Crippen LogP contribution in [0.4, 0.5) is 0 Å². The number of nitrogens with one attached hydrogen (secondary N) is 1. The zero-order valence-corrected chi connectivity index (χ0v) is 13.4. The van der Waals surface area contributed by atoms with Gasteiger partial charge in [-0.3, -0.25) is 4.90 Å². The van der Waals surface area contributed by atoms with Crippen molar-refractivity contribution in [2.24, 2.45) is 0 Å². The van der Waals surface area contributed by atoms with Crippen molar-refractivity contribution in [3.63, 3.8) is 0 Å². The molecule has 0 radical (unpaired) electrons. The lowest BCUT2D eigenvalue weighted by Crippen LogP contribution is -2.38. The Kier molecular flexibility index (Phi) is 6.59. The number of ether oxygens (including phenoxy) is 1. The second kappa shape index (κ2) is 8.20. The minimum atomic E-state index is 0.582. The van der Waals surface area contributed by atoms with Gasteiger partial charge in [0.25, 0.3) is 0 Å². The van der Waals surface area contributed by atoms with Gasteiger partial charge in [0.05, 0.1) is 6.61 Å². The van der Waals surface area contributed by atoms with Crippen molar-refractivity contribution in [1.82, 2.24) is 10.2 Å². The predicted molar refractivity (Wildman–Crippen MR) is 84.6 cm³/mol. The molecule has 1 atom stereocenters. The molecular formula is C15H22Cl2N2O. The third-order valence-corrected chi connectivity index (χ3v) is 4.34. The lowest BCUT2D eigenvalue weighted by atomic mass is 10.2. The summed E-state index contributed by atoms with van der Waals surface area (Å²) in [6.45, 7) is 4.70. The van der Waals surface area contributed by atoms with Gasteiger partial charge >= 0.3 is 0 Å². The molecule has 0 saturated carbocycles. The molecule has 0 aromatic heterocycles. The van der Waals surface area contributed by atoms with Gasteiger partial charge in [0.15, 0.2) is 0 Å². The molecule has 0 aliphatic carbocycles. The van der Waals surface area contributed by atoms with Gasteiger partial charge in [0.2, 0.25) is 0 Å². The number of halogens is 2. The zero-order valence-electron chi connectivity index (χ0n) is 11.9. The van der Waals surface area contributed by atoms with Crippen molar-refractivity contribution in [2.45, 2.75) is 25.4 Å². The van der Waals surface area contributed by atoms with Crippen LogP contribution in [-0.2, 0) is 11.3 Å². The topological polar surface area (TPSA) is 24.5 Å². The maximum Gasteiger partial charge on any atom is 0.0587 e. The summed E-state index contributed by atoms with van der Waals surface area (Å²) in [5.74, 6) is 0. The van der Waals surface area contributed by atoms with E-state index in [0.29, 0.717) is 11.1 Å². The Hall–Kier alpha value is -0.320. The molecule has 1 aromatic rings. The van der Waals surface area contributed by atoms with Gasteiger partial charge in [-0.2, -0.15) is 0 Å². The standard InChI is InChI=1S/C15H22Cl2N2O/c1-20-8-6-18-10-14-3-2-7-19(14)11-12-4-5-13(16)9-15(12)17/h4-5,9,14,18H,2-3,6-8,10-11H2,1H3. The number of nitrogens with zero attached hydrogens (tertiary/aromatic N) is 1. The Labute approximate surface area is 131 Å². The molecule has 2 rings (SSSR count). The summed E-state index contributed by atoms with van der Waals surface area (Å²) in [6.07, 6.45) is 2.49. The zero-order chi connectivity index (χ0) is 14.4. The predicted octanol–water partition coefficient (Wildman–Crippen LogP) is 3.19. The van der Waals surface area contributed by atoms with Gasteiger partial charge in [-0.25, -0.2) is 0 Å². The Morgan fingerprint density at radius 3 is 3.00 bits per heavy atom. The first-order valence-electron chi connectivity index (χ1n) is 7.08. The van der Waals surface area contributed by atoms with E-state index in [4.69, 9.17) is 27.9 Å². The molecule has 0 spiro atoms. The SMILES string of the molecule is COCCNCC1CCCN1Cc1ccc(Cl)cc1Cl. The fourth-order valence-corrected chi connectivity index (χ4v) is 3.11. The molecule has 1 aliphatic heterocycles. The molecule has 0 amide bonds. The minimum Gasteiger partial charge on any atom is -0.383 e. The number of benzene rings is 1. The number of hydrogen-bond donors (Lipinski definition) is 1. The smallest absolute Gasteiger partial charge is 0.0587 e. The van der Waals surface area contributed by atoms with Crippen molar-refractivity contribution in [3.05, 3.63) is 33.8 Å². The first kappa shape index (κ1) is 16.1. The second-order valence-corrected chi connectivity index (χ2v) is 6.04.